The fourth-order valence-electron chi connectivity index (χ4n) is 5.12. The van der Waals surface area contributed by atoms with E-state index in [9.17, 15) is 0 Å². The molecule has 0 saturated heterocycles. The summed E-state index contributed by atoms with van der Waals surface area (Å²) in [6.45, 7) is 11.8. The van der Waals surface area contributed by atoms with Crippen LogP contribution in [0.4, 0.5) is 0 Å². The van der Waals surface area contributed by atoms with Crippen LogP contribution < -0.4 is 0 Å². The molecule has 0 radical (unpaired) electrons. The number of hydrogen-bond donors (Lipinski definition) is 0. The van der Waals surface area contributed by atoms with Gasteiger partial charge in [-0.3, -0.25) is 0 Å². The highest BCUT2D eigenvalue weighted by Crippen LogP contribution is 2.68. The van der Waals surface area contributed by atoms with E-state index in [0.29, 0.717) is 5.41 Å². The molecule has 3 aliphatic rings. The molecule has 0 aromatic rings. The van der Waals surface area contributed by atoms with E-state index >= 15 is 0 Å². The molecule has 2 bridgehead atoms. The number of hydrogen-bond acceptors (Lipinski definition) is 0. The molecule has 3 rings (SSSR count). The first-order valence-electron chi connectivity index (χ1n) is 6.73. The highest BCUT2D eigenvalue weighted by molar-refractivity contribution is 5.27. The van der Waals surface area contributed by atoms with Gasteiger partial charge in [-0.25, -0.2) is 0 Å². The summed E-state index contributed by atoms with van der Waals surface area (Å²) in [7, 11) is 0. The first kappa shape index (κ1) is 9.93. The molecule has 0 aromatic carbocycles. The van der Waals surface area contributed by atoms with Crippen molar-refractivity contribution in [3.05, 3.63) is 12.2 Å². The Balaban J connectivity index is 1.93. The average Bonchev–Trinajstić information content (AvgIpc) is 2.69. The Labute approximate surface area is 94.1 Å². The summed E-state index contributed by atoms with van der Waals surface area (Å²) in [4.78, 5) is 0. The Bertz CT molecular complexity index is 301. The van der Waals surface area contributed by atoms with Gasteiger partial charge in [0.05, 0.1) is 0 Å². The third-order valence-electron chi connectivity index (χ3n) is 6.06. The van der Waals surface area contributed by atoms with Gasteiger partial charge in [-0.15, -0.1) is 0 Å². The smallest absolute Gasteiger partial charge is 0.00850 e. The van der Waals surface area contributed by atoms with Gasteiger partial charge in [0.2, 0.25) is 0 Å². The number of fused-ring (bicyclic) bond motifs is 1. The van der Waals surface area contributed by atoms with Crippen LogP contribution in [-0.2, 0) is 0 Å². The molecule has 0 N–H and O–H groups in total. The molecule has 3 aliphatic carbocycles. The average molecular weight is 204 g/mol. The summed E-state index contributed by atoms with van der Waals surface area (Å²) < 4.78 is 0. The van der Waals surface area contributed by atoms with Gasteiger partial charge in [0.1, 0.15) is 0 Å². The molecule has 84 valence electrons. The van der Waals surface area contributed by atoms with Crippen molar-refractivity contribution in [3.63, 3.8) is 0 Å². The third kappa shape index (κ3) is 1.09. The molecule has 0 unspecified atom stereocenters. The van der Waals surface area contributed by atoms with Gasteiger partial charge in [0.15, 0.2) is 0 Å². The van der Waals surface area contributed by atoms with Gasteiger partial charge < -0.3 is 0 Å². The summed E-state index contributed by atoms with van der Waals surface area (Å²) in [5, 5.41) is 0. The quantitative estimate of drug-likeness (QED) is 0.559. The number of rotatable bonds is 1. The topological polar surface area (TPSA) is 0 Å². The lowest BCUT2D eigenvalue weighted by Gasteiger charge is -2.50. The minimum Gasteiger partial charge on any atom is -0.0990 e. The second-order valence-electron chi connectivity index (χ2n) is 6.83. The zero-order valence-electron chi connectivity index (χ0n) is 10.4. The molecule has 0 nitrogen and oxygen atoms in total. The van der Waals surface area contributed by atoms with Crippen molar-refractivity contribution in [2.75, 3.05) is 0 Å². The summed E-state index contributed by atoms with van der Waals surface area (Å²) in [6.07, 6.45) is 5.83. The maximum atomic E-state index is 4.40. The summed E-state index contributed by atoms with van der Waals surface area (Å²) in [5.74, 6) is 4.84. The molecule has 3 saturated carbocycles. The fraction of sp³-hybridized carbons (Fsp3) is 0.867. The van der Waals surface area contributed by atoms with E-state index in [-0.39, 0.29) is 0 Å². The van der Waals surface area contributed by atoms with Crippen molar-refractivity contribution < 1.29 is 0 Å². The molecule has 0 heterocycles. The standard InChI is InChI=1S/C15H24/c1-9(2)12-5-6-15(4)10(3)11-7-13(12)14(15)8-11/h9,11-14H,3,5-8H2,1-2,4H3/t11-,12+,13-,14-,15-/m0/s1. The van der Waals surface area contributed by atoms with Gasteiger partial charge in [-0.1, -0.05) is 32.9 Å². The van der Waals surface area contributed by atoms with E-state index in [1.165, 1.54) is 25.7 Å². The van der Waals surface area contributed by atoms with Crippen LogP contribution in [0.15, 0.2) is 12.2 Å². The van der Waals surface area contributed by atoms with E-state index in [1.807, 2.05) is 0 Å². The van der Waals surface area contributed by atoms with Crippen molar-refractivity contribution in [2.24, 2.45) is 35.0 Å². The molecular weight excluding hydrogens is 180 g/mol. The fourth-order valence-corrected chi connectivity index (χ4v) is 5.12. The largest absolute Gasteiger partial charge is 0.0990 e. The van der Waals surface area contributed by atoms with Crippen LogP contribution in [0.3, 0.4) is 0 Å². The Kier molecular flexibility index (Phi) is 1.92. The first-order chi connectivity index (χ1) is 7.04. The molecule has 0 amide bonds. The molecule has 0 aromatic heterocycles. The van der Waals surface area contributed by atoms with Crippen LogP contribution in [-0.4, -0.2) is 0 Å². The van der Waals surface area contributed by atoms with E-state index in [2.05, 4.69) is 27.4 Å². The molecule has 5 atom stereocenters. The Hall–Kier alpha value is -0.260. The van der Waals surface area contributed by atoms with E-state index < -0.39 is 0 Å². The van der Waals surface area contributed by atoms with Crippen molar-refractivity contribution in [2.45, 2.75) is 46.5 Å². The monoisotopic (exact) mass is 204 g/mol. The van der Waals surface area contributed by atoms with Gasteiger partial charge >= 0.3 is 0 Å². The van der Waals surface area contributed by atoms with E-state index in [1.54, 1.807) is 5.57 Å². The summed E-state index contributed by atoms with van der Waals surface area (Å²) >= 11 is 0. The number of allylic oxidation sites excluding steroid dienone is 1. The zero-order chi connectivity index (χ0) is 10.8. The second-order valence-corrected chi connectivity index (χ2v) is 6.83. The van der Waals surface area contributed by atoms with Crippen molar-refractivity contribution >= 4 is 0 Å². The lowest BCUT2D eigenvalue weighted by Crippen LogP contribution is -2.42. The molecule has 3 fully saturated rings. The van der Waals surface area contributed by atoms with Gasteiger partial charge in [-0.05, 0) is 60.7 Å². The van der Waals surface area contributed by atoms with Crippen LogP contribution >= 0.6 is 0 Å². The predicted molar refractivity (Wildman–Crippen MR) is 64.5 cm³/mol. The first-order valence-corrected chi connectivity index (χ1v) is 6.73. The maximum absolute atomic E-state index is 4.40. The van der Waals surface area contributed by atoms with Crippen molar-refractivity contribution in [1.29, 1.82) is 0 Å². The van der Waals surface area contributed by atoms with E-state index in [0.717, 1.165) is 29.6 Å². The molecule has 0 aliphatic heterocycles. The Morgan fingerprint density at radius 3 is 2.67 bits per heavy atom. The Morgan fingerprint density at radius 1 is 1.33 bits per heavy atom. The predicted octanol–water partition coefficient (Wildman–Crippen LogP) is 4.27. The normalized spacial score (nSPS) is 52.9. The van der Waals surface area contributed by atoms with Crippen LogP contribution in [0.5, 0.6) is 0 Å². The highest BCUT2D eigenvalue weighted by Gasteiger charge is 2.59. The molecule has 0 heteroatoms. The lowest BCUT2D eigenvalue weighted by molar-refractivity contribution is 0.0372. The van der Waals surface area contributed by atoms with Gasteiger partial charge in [-0.2, -0.15) is 0 Å². The Morgan fingerprint density at radius 2 is 2.07 bits per heavy atom. The molecular formula is C15H24. The second kappa shape index (κ2) is 2.90. The van der Waals surface area contributed by atoms with Crippen LogP contribution in [0.25, 0.3) is 0 Å². The SMILES string of the molecule is C=C1[C@H]2C[C@H]3[C@@H](C(C)C)CC[C@]1(C)[C@H]3C2. The van der Waals surface area contributed by atoms with Crippen LogP contribution in [0.2, 0.25) is 0 Å². The summed E-state index contributed by atoms with van der Waals surface area (Å²) in [6, 6.07) is 0. The molecule has 0 spiro atoms. The van der Waals surface area contributed by atoms with Crippen LogP contribution in [0, 0.1) is 35.0 Å². The van der Waals surface area contributed by atoms with Gasteiger partial charge in [0.25, 0.3) is 0 Å². The van der Waals surface area contributed by atoms with E-state index in [4.69, 9.17) is 0 Å². The minimum absolute atomic E-state index is 0.541. The molecule has 15 heavy (non-hydrogen) atoms. The lowest BCUT2D eigenvalue weighted by atomic mass is 9.55. The van der Waals surface area contributed by atoms with Crippen molar-refractivity contribution in [1.82, 2.24) is 0 Å². The maximum Gasteiger partial charge on any atom is -0.00850 e. The summed E-state index contributed by atoms with van der Waals surface area (Å²) in [5.41, 5.74) is 2.16. The third-order valence-corrected chi connectivity index (χ3v) is 6.06. The van der Waals surface area contributed by atoms with Gasteiger partial charge in [0, 0.05) is 0 Å². The highest BCUT2D eigenvalue weighted by atomic mass is 14.6. The van der Waals surface area contributed by atoms with Crippen molar-refractivity contribution in [3.8, 4) is 0 Å². The minimum atomic E-state index is 0.541. The zero-order valence-corrected chi connectivity index (χ0v) is 10.4. The van der Waals surface area contributed by atoms with Crippen LogP contribution in [0.1, 0.15) is 46.5 Å².